The van der Waals surface area contributed by atoms with Gasteiger partial charge in [0, 0.05) is 6.04 Å². The Morgan fingerprint density at radius 3 is 2.89 bits per heavy atom. The minimum atomic E-state index is -4.17. The maximum atomic E-state index is 11.6. The van der Waals surface area contributed by atoms with E-state index in [0.29, 0.717) is 23.0 Å². The predicted octanol–water partition coefficient (Wildman–Crippen LogP) is 0.955. The summed E-state index contributed by atoms with van der Waals surface area (Å²) in [6, 6.07) is 0.369. The number of hydrogen-bond donors (Lipinski definition) is 3. The van der Waals surface area contributed by atoms with Crippen molar-refractivity contribution in [1.82, 2.24) is 19.5 Å². The Kier molecular flexibility index (Phi) is 4.19. The topological polar surface area (TPSA) is 141 Å². The van der Waals surface area contributed by atoms with E-state index in [1.165, 1.54) is 25.5 Å². The number of fused-ring (bicyclic) bond motifs is 2. The van der Waals surface area contributed by atoms with E-state index in [1.807, 2.05) is 0 Å². The minimum absolute atomic E-state index is 0.137. The van der Waals surface area contributed by atoms with E-state index in [0.717, 1.165) is 12.8 Å². The highest BCUT2D eigenvalue weighted by atomic mass is 31.2. The molecular formula is C15H20N5O6P. The summed E-state index contributed by atoms with van der Waals surface area (Å²) in [6.07, 6.45) is 3.89. The van der Waals surface area contributed by atoms with Crippen molar-refractivity contribution in [2.24, 2.45) is 0 Å². The van der Waals surface area contributed by atoms with Crippen molar-refractivity contribution in [3.8, 4) is 0 Å². The molecular weight excluding hydrogens is 377 g/mol. The monoisotopic (exact) mass is 397 g/mol. The third-order valence-corrected chi connectivity index (χ3v) is 6.28. The number of imidazole rings is 1. The van der Waals surface area contributed by atoms with Crippen LogP contribution in [-0.4, -0.2) is 60.5 Å². The molecule has 2 aromatic rings. The summed E-state index contributed by atoms with van der Waals surface area (Å²) in [4.78, 5) is 22.5. The van der Waals surface area contributed by atoms with Gasteiger partial charge in [0.2, 0.25) is 0 Å². The second-order valence-corrected chi connectivity index (χ2v) is 8.47. The average molecular weight is 397 g/mol. The molecule has 0 radical (unpaired) electrons. The molecule has 0 spiro atoms. The van der Waals surface area contributed by atoms with E-state index in [2.05, 4.69) is 20.3 Å². The third-order valence-electron chi connectivity index (χ3n) is 5.30. The minimum Gasteiger partial charge on any atom is -0.386 e. The van der Waals surface area contributed by atoms with Gasteiger partial charge in [0.25, 0.3) is 0 Å². The van der Waals surface area contributed by atoms with Crippen molar-refractivity contribution in [3.63, 3.8) is 0 Å². The number of anilines is 1. The summed E-state index contributed by atoms with van der Waals surface area (Å²) in [5.41, 5.74) is 1.08. The highest BCUT2D eigenvalue weighted by Gasteiger charge is 2.52. The summed E-state index contributed by atoms with van der Waals surface area (Å²) in [6.45, 7) is -0.137. The fraction of sp³-hybridized carbons (Fsp3) is 0.667. The third kappa shape index (κ3) is 3.04. The van der Waals surface area contributed by atoms with Crippen LogP contribution in [0, 0.1) is 0 Å². The number of rotatable bonds is 3. The molecule has 0 bridgehead atoms. The lowest BCUT2D eigenvalue weighted by atomic mass is 10.1. The Morgan fingerprint density at radius 2 is 2.07 bits per heavy atom. The van der Waals surface area contributed by atoms with Crippen LogP contribution in [0.1, 0.15) is 31.9 Å². The number of ether oxygens (including phenoxy) is 1. The number of nitrogens with zero attached hydrogens (tertiary/aromatic N) is 4. The fourth-order valence-corrected chi connectivity index (χ4v) is 4.94. The molecule has 5 atom stereocenters. The Bertz CT molecular complexity index is 902. The first-order chi connectivity index (χ1) is 13.0. The first kappa shape index (κ1) is 17.5. The van der Waals surface area contributed by atoms with Crippen LogP contribution in [0.5, 0.6) is 0 Å². The van der Waals surface area contributed by atoms with Crippen LogP contribution in [-0.2, 0) is 18.3 Å². The van der Waals surface area contributed by atoms with Crippen molar-refractivity contribution in [1.29, 1.82) is 0 Å². The second kappa shape index (κ2) is 6.47. The number of nitrogens with one attached hydrogen (secondary N) is 1. The van der Waals surface area contributed by atoms with E-state index in [9.17, 15) is 14.6 Å². The molecule has 2 saturated heterocycles. The molecule has 0 aromatic carbocycles. The van der Waals surface area contributed by atoms with E-state index < -0.39 is 32.4 Å². The Hall–Kier alpha value is -1.62. The lowest BCUT2D eigenvalue weighted by Crippen LogP contribution is -2.39. The van der Waals surface area contributed by atoms with E-state index in [-0.39, 0.29) is 6.61 Å². The predicted molar refractivity (Wildman–Crippen MR) is 91.8 cm³/mol. The van der Waals surface area contributed by atoms with Crippen molar-refractivity contribution >= 4 is 24.8 Å². The SMILES string of the molecule is O=P1(O)OC[C@H]2O[C@@H](n3cnc4c(NC5CCCC5)ncnc43)[C@H](O)[C@@H]2O1. The summed E-state index contributed by atoms with van der Waals surface area (Å²) >= 11 is 0. The van der Waals surface area contributed by atoms with Gasteiger partial charge < -0.3 is 20.1 Å². The molecule has 0 amide bonds. The van der Waals surface area contributed by atoms with Crippen LogP contribution < -0.4 is 5.32 Å². The standard InChI is InChI=1S/C15H20N5O6P/c21-11-12-9(5-24-27(22,23)26-12)25-15(11)20-7-18-10-13(16-6-17-14(10)20)19-8-3-1-2-4-8/h6-9,11-12,15,21H,1-5H2,(H,22,23)(H,16,17,19)/t9-,11-,12-,15-/m1/s1. The van der Waals surface area contributed by atoms with Crippen molar-refractivity contribution < 1.29 is 28.3 Å². The van der Waals surface area contributed by atoms with Crippen LogP contribution in [0.3, 0.4) is 0 Å². The molecule has 3 aliphatic rings. The summed E-state index contributed by atoms with van der Waals surface area (Å²) in [5, 5.41) is 14.0. The number of aromatic nitrogens is 4. The number of aliphatic hydroxyl groups excluding tert-OH is 1. The molecule has 4 heterocycles. The molecule has 1 unspecified atom stereocenters. The summed E-state index contributed by atoms with van der Waals surface area (Å²) in [5.74, 6) is 0.648. The first-order valence-corrected chi connectivity index (χ1v) is 10.4. The van der Waals surface area contributed by atoms with Gasteiger partial charge in [0.1, 0.15) is 24.6 Å². The molecule has 2 aliphatic heterocycles. The Labute approximate surface area is 154 Å². The molecule has 11 nitrogen and oxygen atoms in total. The number of phosphoric ester groups is 1. The highest BCUT2D eigenvalue weighted by Crippen LogP contribution is 2.52. The Balaban J connectivity index is 1.44. The summed E-state index contributed by atoms with van der Waals surface area (Å²) < 4.78 is 28.8. The zero-order valence-corrected chi connectivity index (χ0v) is 15.2. The van der Waals surface area contributed by atoms with E-state index >= 15 is 0 Å². The molecule has 3 fully saturated rings. The zero-order chi connectivity index (χ0) is 18.6. The van der Waals surface area contributed by atoms with Crippen LogP contribution >= 0.6 is 7.82 Å². The lowest BCUT2D eigenvalue weighted by Gasteiger charge is -2.27. The van der Waals surface area contributed by atoms with Crippen molar-refractivity contribution in [2.45, 2.75) is 56.3 Å². The van der Waals surface area contributed by atoms with Gasteiger partial charge in [-0.05, 0) is 12.8 Å². The van der Waals surface area contributed by atoms with Crippen LogP contribution in [0.2, 0.25) is 0 Å². The van der Waals surface area contributed by atoms with Gasteiger partial charge in [-0.15, -0.1) is 0 Å². The number of phosphoric acid groups is 1. The van der Waals surface area contributed by atoms with Gasteiger partial charge in [-0.3, -0.25) is 13.6 Å². The van der Waals surface area contributed by atoms with Gasteiger partial charge >= 0.3 is 7.82 Å². The highest BCUT2D eigenvalue weighted by molar-refractivity contribution is 7.47. The molecule has 27 heavy (non-hydrogen) atoms. The smallest absolute Gasteiger partial charge is 0.386 e. The first-order valence-electron chi connectivity index (χ1n) is 8.95. The van der Waals surface area contributed by atoms with Gasteiger partial charge in [0.05, 0.1) is 12.9 Å². The second-order valence-electron chi connectivity index (χ2n) is 7.06. The number of hydrogen-bond acceptors (Lipinski definition) is 9. The van der Waals surface area contributed by atoms with E-state index in [4.69, 9.17) is 13.8 Å². The quantitative estimate of drug-likeness (QED) is 0.641. The average Bonchev–Trinajstić information content (AvgIpc) is 3.35. The molecule has 5 rings (SSSR count). The molecule has 146 valence electrons. The van der Waals surface area contributed by atoms with Crippen LogP contribution in [0.4, 0.5) is 5.82 Å². The maximum absolute atomic E-state index is 11.6. The maximum Gasteiger partial charge on any atom is 0.472 e. The van der Waals surface area contributed by atoms with Crippen LogP contribution in [0.15, 0.2) is 12.7 Å². The van der Waals surface area contributed by atoms with Gasteiger partial charge in [-0.2, -0.15) is 0 Å². The molecule has 1 saturated carbocycles. The zero-order valence-electron chi connectivity index (χ0n) is 14.3. The largest absolute Gasteiger partial charge is 0.472 e. The number of aliphatic hydroxyl groups is 1. The fourth-order valence-electron chi connectivity index (χ4n) is 3.97. The van der Waals surface area contributed by atoms with E-state index in [1.54, 1.807) is 4.57 Å². The molecule has 3 N–H and O–H groups in total. The van der Waals surface area contributed by atoms with Crippen molar-refractivity contribution in [3.05, 3.63) is 12.7 Å². The Morgan fingerprint density at radius 1 is 1.26 bits per heavy atom. The van der Waals surface area contributed by atoms with Gasteiger partial charge in [-0.1, -0.05) is 12.8 Å². The lowest BCUT2D eigenvalue weighted by molar-refractivity contribution is -0.0664. The molecule has 1 aliphatic carbocycles. The normalized spacial score (nSPS) is 37.0. The van der Waals surface area contributed by atoms with Gasteiger partial charge in [0.15, 0.2) is 23.2 Å². The molecule has 2 aromatic heterocycles. The van der Waals surface area contributed by atoms with Crippen molar-refractivity contribution in [2.75, 3.05) is 11.9 Å². The summed E-state index contributed by atoms with van der Waals surface area (Å²) in [7, 11) is -4.17. The van der Waals surface area contributed by atoms with Gasteiger partial charge in [-0.25, -0.2) is 19.5 Å². The van der Waals surface area contributed by atoms with Crippen LogP contribution in [0.25, 0.3) is 11.2 Å². The molecule has 12 heteroatoms.